The molecule has 0 spiro atoms. The lowest BCUT2D eigenvalue weighted by atomic mass is 10.1. The van der Waals surface area contributed by atoms with Crippen LogP contribution in [0.5, 0.6) is 0 Å². The highest BCUT2D eigenvalue weighted by Crippen LogP contribution is 2.26. The SMILES string of the molecule is CCNC(=O)c1ccc(N2CCN(Cc3cnc4c(c3)[nH]c(=O)c3cccn34)CC2)cc1.COC(=O)c1ccc[nH]1.COC(=O)c1cnc(-n2cccc2C(=O)OC)c([N+](=O)[O-])c1.COC(=O)c1cnc(Cl)c([N+](=O)[O-])c1.COC(=O)c1cnc2c(c1)[nH]c(=O)c1cccn12.O=c1[nH]c2cc(CO)cnc2n2cccc12. The maximum Gasteiger partial charge on any atom is 0.355 e. The van der Waals surface area contributed by atoms with Gasteiger partial charge in [-0.15, -0.1) is 0 Å². The summed E-state index contributed by atoms with van der Waals surface area (Å²) in [6.07, 6.45) is 15.7. The number of esters is 5. The number of aromatic nitrogens is 13. The number of H-pyrrole nitrogens is 4. The van der Waals surface area contributed by atoms with E-state index in [1.54, 1.807) is 88.2 Å². The summed E-state index contributed by atoms with van der Waals surface area (Å²) in [4.78, 5) is 160. The number of piperazine rings is 1. The third-order valence-electron chi connectivity index (χ3n) is 16.6. The average molecular weight is 1540 g/mol. The number of carbonyl (C=O) groups excluding carboxylic acids is 6. The van der Waals surface area contributed by atoms with Crippen LogP contribution in [-0.2, 0) is 36.8 Å². The van der Waals surface area contributed by atoms with Crippen LogP contribution in [0.3, 0.4) is 0 Å². The van der Waals surface area contributed by atoms with E-state index >= 15 is 0 Å². The minimum absolute atomic E-state index is 0.0106. The van der Waals surface area contributed by atoms with Gasteiger partial charge in [0.05, 0.1) is 85.2 Å². The number of aliphatic hydroxyl groups is 1. The topological polar surface area (TPSA) is 471 Å². The number of benzene rings is 1. The lowest BCUT2D eigenvalue weighted by Gasteiger charge is -2.36. The Bertz CT molecular complexity index is 5980. The van der Waals surface area contributed by atoms with E-state index in [4.69, 9.17) is 16.7 Å². The molecule has 1 aliphatic heterocycles. The maximum atomic E-state index is 12.3. The Morgan fingerprint density at radius 2 is 0.982 bits per heavy atom. The van der Waals surface area contributed by atoms with Crippen LogP contribution in [0.2, 0.25) is 5.15 Å². The molecule has 0 saturated carbocycles. The van der Waals surface area contributed by atoms with Gasteiger partial charge in [0, 0.05) is 125 Å². The molecule has 111 heavy (non-hydrogen) atoms. The van der Waals surface area contributed by atoms with E-state index in [0.29, 0.717) is 67.8 Å². The van der Waals surface area contributed by atoms with Gasteiger partial charge in [-0.3, -0.25) is 62.1 Å². The monoisotopic (exact) mass is 1530 g/mol. The number of aliphatic hydroxyl groups excluding tert-OH is 1. The summed E-state index contributed by atoms with van der Waals surface area (Å²) in [5.41, 5.74) is 8.59. The molecule has 1 aliphatic rings. The highest BCUT2D eigenvalue weighted by molar-refractivity contribution is 6.31. The van der Waals surface area contributed by atoms with Crippen molar-refractivity contribution in [1.29, 1.82) is 0 Å². The number of fused-ring (bicyclic) bond motifs is 9. The van der Waals surface area contributed by atoms with Gasteiger partial charge in [-0.2, -0.15) is 0 Å². The number of anilines is 1. The molecule has 6 N–H and O–H groups in total. The Kier molecular flexibility index (Phi) is 25.7. The smallest absolute Gasteiger partial charge is 0.355 e. The first kappa shape index (κ1) is 79.0. The van der Waals surface area contributed by atoms with Gasteiger partial charge < -0.3 is 58.9 Å². The van der Waals surface area contributed by atoms with Gasteiger partial charge in [-0.1, -0.05) is 11.6 Å². The first-order valence-electron chi connectivity index (χ1n) is 33.1. The van der Waals surface area contributed by atoms with Crippen molar-refractivity contribution in [3.8, 4) is 5.82 Å². The first-order valence-corrected chi connectivity index (χ1v) is 33.5. The molecule has 37 nitrogen and oxygen atoms in total. The number of hydrogen-bond donors (Lipinski definition) is 6. The van der Waals surface area contributed by atoms with Crippen molar-refractivity contribution in [1.82, 2.24) is 72.8 Å². The number of methoxy groups -OCH3 is 5. The molecule has 1 amide bonds. The second-order valence-corrected chi connectivity index (χ2v) is 23.8. The summed E-state index contributed by atoms with van der Waals surface area (Å²) in [5.74, 6) is -3.08. The molecule has 0 radical (unpaired) electrons. The number of carbonyl (C=O) groups is 6. The molecule has 0 atom stereocenters. The number of hydrogen-bond acceptors (Lipinski definition) is 26. The second kappa shape index (κ2) is 36.1. The van der Waals surface area contributed by atoms with E-state index in [1.165, 1.54) is 57.5 Å². The molecule has 1 fully saturated rings. The average Bonchev–Trinajstić information content (AvgIpc) is 1.64. The molecule has 570 valence electrons. The van der Waals surface area contributed by atoms with Crippen molar-refractivity contribution in [3.05, 3.63) is 278 Å². The lowest BCUT2D eigenvalue weighted by Crippen LogP contribution is -2.46. The molecule has 13 aromatic heterocycles. The fourth-order valence-corrected chi connectivity index (χ4v) is 11.4. The van der Waals surface area contributed by atoms with Gasteiger partial charge in [0.15, 0.2) is 16.9 Å². The highest BCUT2D eigenvalue weighted by Gasteiger charge is 2.25. The van der Waals surface area contributed by atoms with E-state index < -0.39 is 45.1 Å². The van der Waals surface area contributed by atoms with Crippen LogP contribution < -0.4 is 26.9 Å². The van der Waals surface area contributed by atoms with Crippen molar-refractivity contribution >= 4 is 114 Å². The number of ether oxygens (including phenoxy) is 5. The number of halogens is 1. The van der Waals surface area contributed by atoms with Crippen molar-refractivity contribution in [2.24, 2.45) is 0 Å². The van der Waals surface area contributed by atoms with Crippen LogP contribution >= 0.6 is 11.6 Å². The fourth-order valence-electron chi connectivity index (χ4n) is 11.2. The Balaban J connectivity index is 0.000000147. The minimum Gasteiger partial charge on any atom is -0.465 e. The highest BCUT2D eigenvalue weighted by atomic mass is 35.5. The lowest BCUT2D eigenvalue weighted by molar-refractivity contribution is -0.385. The second-order valence-electron chi connectivity index (χ2n) is 23.4. The van der Waals surface area contributed by atoms with Crippen molar-refractivity contribution in [3.63, 3.8) is 0 Å². The predicted octanol–water partition coefficient (Wildman–Crippen LogP) is 7.46. The van der Waals surface area contributed by atoms with Gasteiger partial charge in [0.1, 0.15) is 27.9 Å². The van der Waals surface area contributed by atoms with E-state index in [0.717, 1.165) is 86.8 Å². The molecule has 0 aliphatic carbocycles. The Morgan fingerprint density at radius 1 is 0.523 bits per heavy atom. The zero-order chi connectivity index (χ0) is 79.6. The number of rotatable bonds is 14. The van der Waals surface area contributed by atoms with Crippen LogP contribution in [-0.4, -0.2) is 187 Å². The molecule has 38 heteroatoms. The Labute approximate surface area is 629 Å². The Hall–Kier alpha value is -14.6. The number of pyridine rings is 5. The zero-order valence-electron chi connectivity index (χ0n) is 59.7. The molecule has 1 aromatic carbocycles. The summed E-state index contributed by atoms with van der Waals surface area (Å²) in [7, 11) is 6.17. The largest absolute Gasteiger partial charge is 0.465 e. The minimum atomic E-state index is -0.747. The van der Waals surface area contributed by atoms with Crippen LogP contribution in [0.15, 0.2) is 192 Å². The van der Waals surface area contributed by atoms with Gasteiger partial charge in [-0.25, -0.2) is 48.9 Å². The van der Waals surface area contributed by atoms with Gasteiger partial charge in [0.25, 0.3) is 22.6 Å². The molecule has 14 heterocycles. The third-order valence-corrected chi connectivity index (χ3v) is 16.9. The molecule has 0 bridgehead atoms. The van der Waals surface area contributed by atoms with Gasteiger partial charge in [0.2, 0.25) is 11.0 Å². The third kappa shape index (κ3) is 18.5. The van der Waals surface area contributed by atoms with Crippen molar-refractivity contribution in [2.75, 3.05) is 73.2 Å². The number of nitrogens with zero attached hydrogens (tertiary/aromatic N) is 13. The van der Waals surface area contributed by atoms with Crippen molar-refractivity contribution < 1.29 is 67.4 Å². The van der Waals surface area contributed by atoms with Crippen LogP contribution in [0.25, 0.3) is 55.9 Å². The molecular weight excluding hydrogens is 1470 g/mol. The number of nitro groups is 2. The van der Waals surface area contributed by atoms with Crippen molar-refractivity contribution in [2.45, 2.75) is 20.1 Å². The molecule has 1 saturated heterocycles. The first-order chi connectivity index (χ1) is 53.5. The van der Waals surface area contributed by atoms with Gasteiger partial charge in [-0.05, 0) is 121 Å². The fraction of sp³-hybridized carbons (Fsp3) is 0.178. The standard InChI is InChI=1S/C24H26N6O2.C13H11N3O6.C12H9N3O3.C11H9N3O2.C7H5ClN2O4.C6H7NO2/c1-2-25-23(31)18-5-7-19(8-6-18)29-12-10-28(11-13-29)16-17-14-20-22(26-15-17)30-9-3-4-21(30)24(32)27-20;1-21-12(17)8-6-10(16(19)20)11(14-7-8)15-5-3-4-9(15)13(18)22-2;1-18-12(17)7-5-8-10(13-6-7)15-4-2-3-9(15)11(16)14-8;15-6-7-4-8-10(12-5-7)14-3-1-2-9(14)11(16)13-8;1-14-7(11)4-2-5(10(12)13)6(8)9-3-4;1-9-6(8)5-3-2-4-7-5/h3-9,14-15H,2,10-13,16H2,1H3,(H,25,31)(H,27,32);3-7H,1-2H3;2-6H,1H3,(H,14,16);1-5,15H,6H2,(H,13,16);2-3H,1H3;2-4,7H,1H3. The van der Waals surface area contributed by atoms with E-state index in [9.17, 15) is 63.4 Å². The molecular formula is C73H67ClN18O19. The quantitative estimate of drug-likeness (QED) is 0.0202. The van der Waals surface area contributed by atoms with Crippen LogP contribution in [0.4, 0.5) is 17.1 Å². The number of nitrogens with one attached hydrogen (secondary N) is 5. The molecule has 14 aromatic rings. The number of amides is 1. The normalized spacial score (nSPS) is 11.6. The summed E-state index contributed by atoms with van der Waals surface area (Å²) in [6, 6.07) is 32.2. The summed E-state index contributed by atoms with van der Waals surface area (Å²) in [6.45, 7) is 6.95. The molecule has 0 unspecified atom stereocenters. The summed E-state index contributed by atoms with van der Waals surface area (Å²) in [5, 5.41) is 33.2. The Morgan fingerprint density at radius 3 is 1.47 bits per heavy atom. The van der Waals surface area contributed by atoms with Gasteiger partial charge >= 0.3 is 41.2 Å². The zero-order valence-corrected chi connectivity index (χ0v) is 60.4. The number of aromatic amines is 4. The van der Waals surface area contributed by atoms with E-state index in [1.807, 2.05) is 60.1 Å². The predicted molar refractivity (Wildman–Crippen MR) is 401 cm³/mol. The molecule has 15 rings (SSSR count). The summed E-state index contributed by atoms with van der Waals surface area (Å²) >= 11 is 5.43. The van der Waals surface area contributed by atoms with E-state index in [-0.39, 0.29) is 63.0 Å². The maximum absolute atomic E-state index is 12.3. The van der Waals surface area contributed by atoms with E-state index in [2.05, 4.69) is 83.7 Å². The van der Waals surface area contributed by atoms with Crippen LogP contribution in [0, 0.1) is 20.2 Å². The summed E-state index contributed by atoms with van der Waals surface area (Å²) < 4.78 is 29.0. The van der Waals surface area contributed by atoms with Crippen LogP contribution in [0.1, 0.15) is 80.5 Å².